The highest BCUT2D eigenvalue weighted by Crippen LogP contribution is 2.40. The summed E-state index contributed by atoms with van der Waals surface area (Å²) in [6.45, 7) is 2.04. The number of carbonyl (C=O) groups is 2. The molecule has 1 saturated heterocycles. The highest BCUT2D eigenvalue weighted by molar-refractivity contribution is 8.14. The third-order valence-corrected chi connectivity index (χ3v) is 6.53. The van der Waals surface area contributed by atoms with Gasteiger partial charge >= 0.3 is 5.97 Å². The molecule has 0 aromatic rings. The number of rotatable bonds is 4. The van der Waals surface area contributed by atoms with E-state index >= 15 is 0 Å². The molecule has 10 heteroatoms. The lowest BCUT2D eigenvalue weighted by Gasteiger charge is -2.48. The molecule has 0 radical (unpaired) electrons. The zero-order valence-electron chi connectivity index (χ0n) is 13.4. The molecule has 0 saturated carbocycles. The molecule has 24 heavy (non-hydrogen) atoms. The first-order valence-electron chi connectivity index (χ1n) is 7.58. The Kier molecular flexibility index (Phi) is 4.88. The zero-order chi connectivity index (χ0) is 17.4. The maximum Gasteiger partial charge on any atom is 0.352 e. The van der Waals surface area contributed by atoms with E-state index in [1.54, 1.807) is 11.2 Å². The first-order chi connectivity index (χ1) is 11.4. The lowest BCUT2D eigenvalue weighted by Crippen LogP contribution is -2.68. The highest BCUT2D eigenvalue weighted by atomic mass is 32.2. The minimum absolute atomic E-state index is 0.0525. The number of carbonyl (C=O) groups excluding carboxylic acids is 1. The van der Waals surface area contributed by atoms with Gasteiger partial charge in [-0.25, -0.2) is 9.80 Å². The Morgan fingerprint density at radius 3 is 3.00 bits per heavy atom. The van der Waals surface area contributed by atoms with Crippen molar-refractivity contribution in [1.29, 1.82) is 0 Å². The molecule has 3 atom stereocenters. The van der Waals surface area contributed by atoms with E-state index in [1.807, 2.05) is 14.0 Å². The third kappa shape index (κ3) is 2.93. The van der Waals surface area contributed by atoms with Crippen LogP contribution < -0.4 is 5.73 Å². The Morgan fingerprint density at radius 2 is 2.33 bits per heavy atom. The predicted octanol–water partition coefficient (Wildman–Crippen LogP) is 0.367. The minimum Gasteiger partial charge on any atom is -0.477 e. The average molecular weight is 369 g/mol. The van der Waals surface area contributed by atoms with Gasteiger partial charge in [0.2, 0.25) is 5.91 Å². The van der Waals surface area contributed by atoms with Crippen LogP contribution in [0, 0.1) is 0 Å². The van der Waals surface area contributed by atoms with E-state index in [0.29, 0.717) is 17.1 Å². The first-order valence-corrected chi connectivity index (χ1v) is 9.61. The molecule has 0 aromatic carbocycles. The normalized spacial score (nSPS) is 29.4. The van der Waals surface area contributed by atoms with Crippen molar-refractivity contribution in [2.75, 3.05) is 18.6 Å². The monoisotopic (exact) mass is 369 g/mol. The van der Waals surface area contributed by atoms with Crippen molar-refractivity contribution >= 4 is 46.8 Å². The Bertz CT molecular complexity index is 663. The molecule has 3 aliphatic heterocycles. The summed E-state index contributed by atoms with van der Waals surface area (Å²) in [6.07, 6.45) is 2.66. The second kappa shape index (κ2) is 6.77. The number of aliphatic carboxylic acids is 1. The number of nitrogens with zero attached hydrogens (tertiary/aromatic N) is 4. The molecule has 0 spiro atoms. The molecule has 3 unspecified atom stereocenters. The van der Waals surface area contributed by atoms with Crippen LogP contribution in [0.3, 0.4) is 0 Å². The number of thioether (sulfide) groups is 2. The number of hydrogen-bond acceptors (Lipinski definition) is 8. The van der Waals surface area contributed by atoms with E-state index in [1.165, 1.54) is 28.4 Å². The average Bonchev–Trinajstić information content (AvgIpc) is 2.59. The van der Waals surface area contributed by atoms with Gasteiger partial charge in [-0.1, -0.05) is 18.7 Å². The molecule has 0 aromatic heterocycles. The van der Waals surface area contributed by atoms with Gasteiger partial charge in [0, 0.05) is 24.8 Å². The van der Waals surface area contributed by atoms with Crippen LogP contribution in [0.5, 0.6) is 0 Å². The summed E-state index contributed by atoms with van der Waals surface area (Å²) >= 11 is 2.95. The van der Waals surface area contributed by atoms with Crippen LogP contribution in [0.4, 0.5) is 0 Å². The van der Waals surface area contributed by atoms with Crippen molar-refractivity contribution in [3.05, 3.63) is 11.3 Å². The van der Waals surface area contributed by atoms with Crippen LogP contribution >= 0.6 is 23.5 Å². The summed E-state index contributed by atoms with van der Waals surface area (Å²) in [6, 6.07) is -0.552. The smallest absolute Gasteiger partial charge is 0.352 e. The van der Waals surface area contributed by atoms with Gasteiger partial charge in [0.05, 0.1) is 6.04 Å². The summed E-state index contributed by atoms with van der Waals surface area (Å²) in [5, 5.41) is 16.0. The Hall–Kier alpha value is -1.52. The van der Waals surface area contributed by atoms with Gasteiger partial charge in [0.1, 0.15) is 17.1 Å². The number of amides is 1. The van der Waals surface area contributed by atoms with Gasteiger partial charge in [-0.3, -0.25) is 14.7 Å². The number of hydrogen-bond donors (Lipinski definition) is 2. The maximum atomic E-state index is 11.9. The molecule has 3 aliphatic rings. The SMILES string of the molecule is CCC1C=NN(C)C(SCC2=C(C(=O)O)N3C(=O)C(N)C3SC2)=N1. The number of nitrogens with two attached hydrogens (primary N) is 1. The van der Waals surface area contributed by atoms with E-state index in [-0.39, 0.29) is 23.0 Å². The van der Waals surface area contributed by atoms with Crippen LogP contribution in [-0.4, -0.2) is 74.3 Å². The number of carboxylic acids is 1. The molecule has 1 amide bonds. The highest BCUT2D eigenvalue weighted by Gasteiger charge is 2.51. The number of β-lactam (4-membered cyclic amide) rings is 1. The van der Waals surface area contributed by atoms with Crippen molar-refractivity contribution in [2.45, 2.75) is 30.8 Å². The summed E-state index contributed by atoms with van der Waals surface area (Å²) in [5.41, 5.74) is 6.54. The molecule has 3 rings (SSSR count). The molecule has 3 heterocycles. The zero-order valence-corrected chi connectivity index (χ0v) is 15.0. The van der Waals surface area contributed by atoms with E-state index in [4.69, 9.17) is 5.73 Å². The van der Waals surface area contributed by atoms with Crippen LogP contribution in [0.1, 0.15) is 13.3 Å². The molecule has 0 bridgehead atoms. The molecular formula is C14H19N5O3S2. The van der Waals surface area contributed by atoms with Gasteiger partial charge in [-0.15, -0.1) is 11.8 Å². The van der Waals surface area contributed by atoms with Gasteiger partial charge < -0.3 is 10.8 Å². The Labute approximate surface area is 148 Å². The fourth-order valence-electron chi connectivity index (χ4n) is 2.66. The predicted molar refractivity (Wildman–Crippen MR) is 96.0 cm³/mol. The van der Waals surface area contributed by atoms with E-state index < -0.39 is 12.0 Å². The van der Waals surface area contributed by atoms with E-state index in [0.717, 1.165) is 11.6 Å². The summed E-state index contributed by atoms with van der Waals surface area (Å²) in [7, 11) is 1.81. The Morgan fingerprint density at radius 1 is 1.58 bits per heavy atom. The molecule has 0 aliphatic carbocycles. The number of hydrazone groups is 1. The van der Waals surface area contributed by atoms with Gasteiger partial charge in [0.15, 0.2) is 5.17 Å². The molecule has 3 N–H and O–H groups in total. The van der Waals surface area contributed by atoms with Crippen molar-refractivity contribution in [3.8, 4) is 0 Å². The van der Waals surface area contributed by atoms with Crippen molar-refractivity contribution < 1.29 is 14.7 Å². The third-order valence-electron chi connectivity index (χ3n) is 4.05. The number of aliphatic imine (C=N–C) groups is 1. The standard InChI is InChI=1S/C14H19N5O3S2/c1-3-8-4-16-18(2)14(17-8)24-6-7-5-23-12-9(15)11(20)19(12)10(7)13(21)22/h4,8-9,12H,3,5-6,15H2,1-2H3,(H,21,22). The first kappa shape index (κ1) is 17.3. The fraction of sp³-hybridized carbons (Fsp3) is 0.571. The maximum absolute atomic E-state index is 11.9. The van der Waals surface area contributed by atoms with Crippen molar-refractivity contribution in [2.24, 2.45) is 15.8 Å². The van der Waals surface area contributed by atoms with Crippen LogP contribution in [0.25, 0.3) is 0 Å². The quantitative estimate of drug-likeness (QED) is 0.689. The second-order valence-electron chi connectivity index (χ2n) is 5.66. The van der Waals surface area contributed by atoms with E-state index in [9.17, 15) is 14.7 Å². The number of amidine groups is 1. The molecular weight excluding hydrogens is 350 g/mol. The molecule has 1 fully saturated rings. The largest absolute Gasteiger partial charge is 0.477 e. The topological polar surface area (TPSA) is 112 Å². The minimum atomic E-state index is -1.08. The lowest BCUT2D eigenvalue weighted by atomic mass is 10.0. The van der Waals surface area contributed by atoms with Crippen LogP contribution in [-0.2, 0) is 9.59 Å². The van der Waals surface area contributed by atoms with Crippen LogP contribution in [0.2, 0.25) is 0 Å². The fourth-order valence-corrected chi connectivity index (χ4v) is 5.06. The second-order valence-corrected chi connectivity index (χ2v) is 7.70. The summed E-state index contributed by atoms with van der Waals surface area (Å²) in [4.78, 5) is 29.5. The number of fused-ring (bicyclic) bond motifs is 1. The van der Waals surface area contributed by atoms with E-state index in [2.05, 4.69) is 10.1 Å². The molecule has 8 nitrogen and oxygen atoms in total. The van der Waals surface area contributed by atoms with Crippen LogP contribution in [0.15, 0.2) is 21.4 Å². The molecule has 130 valence electrons. The van der Waals surface area contributed by atoms with Crippen molar-refractivity contribution in [3.63, 3.8) is 0 Å². The van der Waals surface area contributed by atoms with Crippen molar-refractivity contribution in [1.82, 2.24) is 9.91 Å². The Balaban J connectivity index is 1.77. The van der Waals surface area contributed by atoms with Gasteiger partial charge in [0.25, 0.3) is 0 Å². The lowest BCUT2D eigenvalue weighted by molar-refractivity contribution is -0.147. The number of carboxylic acid groups (broad SMARTS) is 1. The van der Waals surface area contributed by atoms with Gasteiger partial charge in [-0.2, -0.15) is 5.10 Å². The summed E-state index contributed by atoms with van der Waals surface area (Å²) in [5.74, 6) is -0.404. The van der Waals surface area contributed by atoms with Gasteiger partial charge in [-0.05, 0) is 12.0 Å². The summed E-state index contributed by atoms with van der Waals surface area (Å²) < 4.78 is 0.